The molecule has 1 saturated carbocycles. The molecule has 1 aliphatic heterocycles. The Morgan fingerprint density at radius 2 is 2.06 bits per heavy atom. The number of nitrogens with one attached hydrogen (secondary N) is 1. The number of nitrogens with two attached hydrogens (primary N) is 1. The lowest BCUT2D eigenvalue weighted by molar-refractivity contribution is -0.144. The fourth-order valence-corrected chi connectivity index (χ4v) is 1.74. The van der Waals surface area contributed by atoms with Crippen molar-refractivity contribution in [3.63, 3.8) is 0 Å². The summed E-state index contributed by atoms with van der Waals surface area (Å²) in [5, 5.41) is 2.11. The van der Waals surface area contributed by atoms with Crippen LogP contribution in [0, 0.1) is 5.41 Å². The summed E-state index contributed by atoms with van der Waals surface area (Å²) in [6, 6.07) is -0.786. The summed E-state index contributed by atoms with van der Waals surface area (Å²) in [5.74, 6) is -1.07. The lowest BCUT2D eigenvalue weighted by Crippen LogP contribution is -2.59. The largest absolute Gasteiger partial charge is 0.448 e. The van der Waals surface area contributed by atoms with Gasteiger partial charge >= 0.3 is 12.1 Å². The number of hydrogen-bond donors (Lipinski definition) is 2. The molecular formula is C9H11N3O5. The minimum atomic E-state index is -1.07. The third-order valence-corrected chi connectivity index (χ3v) is 2.86. The summed E-state index contributed by atoms with van der Waals surface area (Å²) in [5.41, 5.74) is 3.68. The van der Waals surface area contributed by atoms with Gasteiger partial charge in [0.25, 0.3) is 0 Å². The molecule has 1 aliphatic carbocycles. The predicted molar refractivity (Wildman–Crippen MR) is 52.5 cm³/mol. The summed E-state index contributed by atoms with van der Waals surface area (Å²) >= 11 is 0. The number of rotatable bonds is 3. The van der Waals surface area contributed by atoms with Crippen molar-refractivity contribution in [3.05, 3.63) is 0 Å². The van der Waals surface area contributed by atoms with Crippen molar-refractivity contribution in [2.75, 3.05) is 13.2 Å². The van der Waals surface area contributed by atoms with Gasteiger partial charge in [0.15, 0.2) is 0 Å². The maximum atomic E-state index is 11.9. The zero-order valence-corrected chi connectivity index (χ0v) is 8.89. The third kappa shape index (κ3) is 1.81. The first-order chi connectivity index (χ1) is 7.97. The highest BCUT2D eigenvalue weighted by Crippen LogP contribution is 2.48. The molecule has 5 amide bonds. The van der Waals surface area contributed by atoms with Crippen molar-refractivity contribution in [1.82, 2.24) is 10.2 Å². The van der Waals surface area contributed by atoms with Crippen molar-refractivity contribution in [3.8, 4) is 0 Å². The van der Waals surface area contributed by atoms with Crippen molar-refractivity contribution < 1.29 is 23.9 Å². The number of nitrogens with zero attached hydrogens (tertiary/aromatic N) is 1. The molecule has 3 N–H and O–H groups in total. The lowest BCUT2D eigenvalue weighted by Gasteiger charge is -2.29. The van der Waals surface area contributed by atoms with Gasteiger partial charge in [-0.15, -0.1) is 0 Å². The van der Waals surface area contributed by atoms with Crippen LogP contribution in [0.2, 0.25) is 0 Å². The second-order valence-corrected chi connectivity index (χ2v) is 3.97. The van der Waals surface area contributed by atoms with Gasteiger partial charge in [-0.05, 0) is 12.8 Å². The molecule has 0 bridgehead atoms. The molecule has 1 spiro atoms. The maximum absolute atomic E-state index is 11.9. The van der Waals surface area contributed by atoms with Gasteiger partial charge < -0.3 is 10.5 Å². The summed E-state index contributed by atoms with van der Waals surface area (Å²) in [6.45, 7) is -0.290. The van der Waals surface area contributed by atoms with Gasteiger partial charge in [0, 0.05) is 0 Å². The normalized spacial score (nSPS) is 21.4. The Labute approximate surface area is 96.1 Å². The standard InChI is InChI=1S/C9H11N3O5/c10-7(15)17-4-3-12-6(14)9(1-2-9)5(13)11-8(12)16/h1-4H2,(H2,10,15)(H,11,13,16). The van der Waals surface area contributed by atoms with Crippen molar-refractivity contribution in [2.24, 2.45) is 11.1 Å². The number of carbonyl (C=O) groups excluding carboxylic acids is 4. The molecular weight excluding hydrogens is 230 g/mol. The first kappa shape index (κ1) is 11.4. The predicted octanol–water partition coefficient (Wildman–Crippen LogP) is -1.06. The van der Waals surface area contributed by atoms with Crippen LogP contribution >= 0.6 is 0 Å². The molecule has 0 unspecified atom stereocenters. The van der Waals surface area contributed by atoms with Gasteiger partial charge in [0.1, 0.15) is 12.0 Å². The van der Waals surface area contributed by atoms with Crippen molar-refractivity contribution >= 4 is 23.9 Å². The molecule has 8 heteroatoms. The maximum Gasteiger partial charge on any atom is 0.404 e. The Morgan fingerprint density at radius 1 is 1.41 bits per heavy atom. The number of urea groups is 1. The van der Waals surface area contributed by atoms with Crippen molar-refractivity contribution in [1.29, 1.82) is 0 Å². The van der Waals surface area contributed by atoms with Crippen LogP contribution < -0.4 is 11.1 Å². The fourth-order valence-electron chi connectivity index (χ4n) is 1.74. The first-order valence-electron chi connectivity index (χ1n) is 5.07. The highest BCUT2D eigenvalue weighted by molar-refractivity contribution is 6.20. The SMILES string of the molecule is NC(=O)OCCN1C(=O)NC(=O)C2(CC2)C1=O. The number of ether oxygens (including phenoxy) is 1. The average molecular weight is 241 g/mol. The minimum absolute atomic E-state index is 0.108. The van der Waals surface area contributed by atoms with E-state index in [0.717, 1.165) is 4.90 Å². The van der Waals surface area contributed by atoms with Gasteiger partial charge in [-0.1, -0.05) is 0 Å². The topological polar surface area (TPSA) is 119 Å². The molecule has 92 valence electrons. The average Bonchev–Trinajstić information content (AvgIpc) is 3.02. The molecule has 2 rings (SSSR count). The summed E-state index contributed by atoms with van der Waals surface area (Å²) in [4.78, 5) is 45.9. The highest BCUT2D eigenvalue weighted by Gasteiger charge is 2.62. The zero-order valence-electron chi connectivity index (χ0n) is 8.89. The fraction of sp³-hybridized carbons (Fsp3) is 0.556. The number of hydrogen-bond acceptors (Lipinski definition) is 5. The summed E-state index contributed by atoms with van der Waals surface area (Å²) in [6.07, 6.45) is -0.0944. The van der Waals surface area contributed by atoms with Gasteiger partial charge in [0.2, 0.25) is 11.8 Å². The van der Waals surface area contributed by atoms with E-state index < -0.39 is 29.4 Å². The number of amides is 5. The van der Waals surface area contributed by atoms with E-state index >= 15 is 0 Å². The molecule has 1 saturated heterocycles. The number of primary amides is 1. The van der Waals surface area contributed by atoms with E-state index in [1.165, 1.54) is 0 Å². The van der Waals surface area contributed by atoms with E-state index in [-0.39, 0.29) is 13.2 Å². The first-order valence-corrected chi connectivity index (χ1v) is 5.07. The van der Waals surface area contributed by atoms with Crippen molar-refractivity contribution in [2.45, 2.75) is 12.8 Å². The highest BCUT2D eigenvalue weighted by atomic mass is 16.5. The molecule has 2 aliphatic rings. The summed E-state index contributed by atoms with van der Waals surface area (Å²) in [7, 11) is 0. The van der Waals surface area contributed by atoms with Gasteiger partial charge in [-0.3, -0.25) is 19.8 Å². The van der Waals surface area contributed by atoms with Gasteiger partial charge in [-0.25, -0.2) is 9.59 Å². The molecule has 0 aromatic carbocycles. The van der Waals surface area contributed by atoms with Crippen LogP contribution in [-0.4, -0.2) is 42.0 Å². The summed E-state index contributed by atoms with van der Waals surface area (Å²) < 4.78 is 4.44. The molecule has 0 radical (unpaired) electrons. The monoisotopic (exact) mass is 241 g/mol. The van der Waals surface area contributed by atoms with Crippen LogP contribution in [0.5, 0.6) is 0 Å². The van der Waals surface area contributed by atoms with Gasteiger partial charge in [0.05, 0.1) is 6.54 Å². The van der Waals surface area contributed by atoms with E-state index in [2.05, 4.69) is 10.1 Å². The molecule has 1 heterocycles. The van der Waals surface area contributed by atoms with E-state index in [4.69, 9.17) is 5.73 Å². The van der Waals surface area contributed by atoms with Crippen LogP contribution in [0.1, 0.15) is 12.8 Å². The smallest absolute Gasteiger partial charge is 0.404 e. The van der Waals surface area contributed by atoms with Crippen LogP contribution in [0.15, 0.2) is 0 Å². The Bertz CT molecular complexity index is 415. The lowest BCUT2D eigenvalue weighted by atomic mass is 10.0. The molecule has 8 nitrogen and oxygen atoms in total. The van der Waals surface area contributed by atoms with Crippen LogP contribution in [0.25, 0.3) is 0 Å². The third-order valence-electron chi connectivity index (χ3n) is 2.86. The van der Waals surface area contributed by atoms with E-state index in [9.17, 15) is 19.2 Å². The number of barbiturate groups is 1. The van der Waals surface area contributed by atoms with Crippen LogP contribution in [-0.2, 0) is 14.3 Å². The van der Waals surface area contributed by atoms with E-state index in [1.54, 1.807) is 0 Å². The van der Waals surface area contributed by atoms with Crippen LogP contribution in [0.4, 0.5) is 9.59 Å². The molecule has 0 atom stereocenters. The van der Waals surface area contributed by atoms with E-state index in [1.807, 2.05) is 0 Å². The Balaban J connectivity index is 2.01. The molecule has 0 aromatic rings. The second kappa shape index (κ2) is 3.72. The minimum Gasteiger partial charge on any atom is -0.448 e. The quantitative estimate of drug-likeness (QED) is 0.610. The zero-order chi connectivity index (χ0) is 12.6. The number of carbonyl (C=O) groups is 4. The molecule has 2 fully saturated rings. The molecule has 17 heavy (non-hydrogen) atoms. The molecule has 0 aromatic heterocycles. The Morgan fingerprint density at radius 3 is 2.59 bits per heavy atom. The Hall–Kier alpha value is -2.12. The Kier molecular flexibility index (Phi) is 2.49. The number of imide groups is 2. The second-order valence-electron chi connectivity index (χ2n) is 3.97. The van der Waals surface area contributed by atoms with Gasteiger partial charge in [-0.2, -0.15) is 0 Å². The van der Waals surface area contributed by atoms with Crippen LogP contribution in [0.3, 0.4) is 0 Å². The van der Waals surface area contributed by atoms with E-state index in [0.29, 0.717) is 12.8 Å².